The highest BCUT2D eigenvalue weighted by Crippen LogP contribution is 2.44. The molecule has 2 N–H and O–H groups in total. The van der Waals surface area contributed by atoms with Gasteiger partial charge in [-0.1, -0.05) is 12.1 Å². The van der Waals surface area contributed by atoms with Gasteiger partial charge >= 0.3 is 0 Å². The van der Waals surface area contributed by atoms with Crippen LogP contribution in [-0.2, 0) is 4.74 Å². The second-order valence-corrected chi connectivity index (χ2v) is 5.50. The van der Waals surface area contributed by atoms with E-state index in [0.717, 1.165) is 38.5 Å². The molecule has 5 nitrogen and oxygen atoms in total. The number of hydrogen-bond acceptors (Lipinski definition) is 3. The van der Waals surface area contributed by atoms with Crippen molar-refractivity contribution in [2.24, 2.45) is 10.7 Å². The van der Waals surface area contributed by atoms with Crippen LogP contribution in [0, 0.1) is 0 Å². The summed E-state index contributed by atoms with van der Waals surface area (Å²) in [6.45, 7) is 5.85. The fourth-order valence-corrected chi connectivity index (χ4v) is 2.73. The van der Waals surface area contributed by atoms with Gasteiger partial charge in [-0.2, -0.15) is 0 Å². The Morgan fingerprint density at radius 2 is 2.18 bits per heavy atom. The van der Waals surface area contributed by atoms with Crippen LogP contribution in [0.4, 0.5) is 0 Å². The topological polar surface area (TPSA) is 60.1 Å². The summed E-state index contributed by atoms with van der Waals surface area (Å²) in [4.78, 5) is 6.78. The lowest BCUT2D eigenvalue weighted by Gasteiger charge is -2.27. The Morgan fingerprint density at radius 1 is 1.41 bits per heavy atom. The summed E-state index contributed by atoms with van der Waals surface area (Å²) in [5.74, 6) is 2.07. The van der Waals surface area contributed by atoms with E-state index in [0.29, 0.717) is 24.5 Å². The highest BCUT2D eigenvalue weighted by atomic mass is 127. The van der Waals surface area contributed by atoms with E-state index in [1.54, 1.807) is 0 Å². The SMILES string of the molecule is CCOc1cccc([C@@H]2C[C@H]2N=C(N)N2CCOCC2)c1.I. The van der Waals surface area contributed by atoms with Gasteiger partial charge in [-0.25, -0.2) is 4.99 Å². The van der Waals surface area contributed by atoms with E-state index in [1.165, 1.54) is 5.56 Å². The van der Waals surface area contributed by atoms with Gasteiger partial charge in [0.2, 0.25) is 0 Å². The number of benzene rings is 1. The van der Waals surface area contributed by atoms with E-state index in [9.17, 15) is 0 Å². The van der Waals surface area contributed by atoms with Gasteiger partial charge < -0.3 is 20.1 Å². The van der Waals surface area contributed by atoms with Crippen molar-refractivity contribution in [3.63, 3.8) is 0 Å². The second kappa shape index (κ2) is 8.01. The predicted octanol–water partition coefficient (Wildman–Crippen LogP) is 2.21. The highest BCUT2D eigenvalue weighted by Gasteiger charge is 2.39. The van der Waals surface area contributed by atoms with Crippen LogP contribution < -0.4 is 10.5 Å². The minimum atomic E-state index is 0. The predicted molar refractivity (Wildman–Crippen MR) is 98.2 cm³/mol. The van der Waals surface area contributed by atoms with E-state index in [1.807, 2.05) is 19.1 Å². The van der Waals surface area contributed by atoms with Crippen LogP contribution in [-0.4, -0.2) is 49.8 Å². The van der Waals surface area contributed by atoms with Gasteiger partial charge in [0, 0.05) is 19.0 Å². The molecule has 0 unspecified atom stereocenters. The third-order valence-corrected chi connectivity index (χ3v) is 3.99. The van der Waals surface area contributed by atoms with Crippen molar-refractivity contribution in [2.45, 2.75) is 25.3 Å². The van der Waals surface area contributed by atoms with Gasteiger partial charge in [0.15, 0.2) is 5.96 Å². The maximum Gasteiger partial charge on any atom is 0.191 e. The molecular weight excluding hydrogens is 393 g/mol. The fraction of sp³-hybridized carbons (Fsp3) is 0.562. The van der Waals surface area contributed by atoms with Crippen LogP contribution in [0.5, 0.6) is 5.75 Å². The number of aliphatic imine (C=N–C) groups is 1. The molecule has 1 heterocycles. The number of nitrogens with two attached hydrogens (primary N) is 1. The molecule has 1 saturated heterocycles. The lowest BCUT2D eigenvalue weighted by molar-refractivity contribution is 0.0674. The Labute approximate surface area is 148 Å². The normalized spacial score (nSPS) is 24.6. The maximum atomic E-state index is 6.10. The smallest absolute Gasteiger partial charge is 0.191 e. The molecule has 2 fully saturated rings. The Kier molecular flexibility index (Phi) is 6.31. The molecule has 0 amide bonds. The number of rotatable bonds is 4. The molecular formula is C16H24IN3O2. The van der Waals surface area contributed by atoms with Crippen molar-refractivity contribution in [1.29, 1.82) is 0 Å². The molecule has 0 aromatic heterocycles. The van der Waals surface area contributed by atoms with Crippen molar-refractivity contribution in [3.05, 3.63) is 29.8 Å². The van der Waals surface area contributed by atoms with Crippen LogP contribution in [0.2, 0.25) is 0 Å². The van der Waals surface area contributed by atoms with Crippen molar-refractivity contribution < 1.29 is 9.47 Å². The number of hydrogen-bond donors (Lipinski definition) is 1. The summed E-state index contributed by atoms with van der Waals surface area (Å²) in [5.41, 5.74) is 7.40. The van der Waals surface area contributed by atoms with Crippen molar-refractivity contribution in [2.75, 3.05) is 32.9 Å². The molecule has 6 heteroatoms. The van der Waals surface area contributed by atoms with Gasteiger partial charge in [0.25, 0.3) is 0 Å². The minimum absolute atomic E-state index is 0. The largest absolute Gasteiger partial charge is 0.494 e. The number of guanidine groups is 1. The molecule has 1 aromatic rings. The van der Waals surface area contributed by atoms with Crippen LogP contribution in [0.3, 0.4) is 0 Å². The summed E-state index contributed by atoms with van der Waals surface area (Å²) >= 11 is 0. The fourth-order valence-electron chi connectivity index (χ4n) is 2.73. The molecule has 1 aliphatic carbocycles. The van der Waals surface area contributed by atoms with Crippen LogP contribution in [0.1, 0.15) is 24.8 Å². The van der Waals surface area contributed by atoms with E-state index in [-0.39, 0.29) is 24.0 Å². The molecule has 1 aromatic carbocycles. The molecule has 2 aliphatic rings. The third-order valence-electron chi connectivity index (χ3n) is 3.99. The Hall–Kier alpha value is -1.02. The van der Waals surface area contributed by atoms with Crippen LogP contribution >= 0.6 is 24.0 Å². The standard InChI is InChI=1S/C16H23N3O2.HI/c1-2-21-13-5-3-4-12(10-13)14-11-15(14)18-16(17)19-6-8-20-9-7-19;/h3-5,10,14-15H,2,6-9,11H2,1H3,(H2,17,18);1H/t14-,15+;/m0./s1. The van der Waals surface area contributed by atoms with E-state index < -0.39 is 0 Å². The van der Waals surface area contributed by atoms with Crippen molar-refractivity contribution >= 4 is 29.9 Å². The monoisotopic (exact) mass is 417 g/mol. The summed E-state index contributed by atoms with van der Waals surface area (Å²) in [5, 5.41) is 0. The van der Waals surface area contributed by atoms with E-state index >= 15 is 0 Å². The molecule has 0 bridgehead atoms. The van der Waals surface area contributed by atoms with Crippen LogP contribution in [0.25, 0.3) is 0 Å². The molecule has 1 saturated carbocycles. The van der Waals surface area contributed by atoms with Gasteiger partial charge in [0.1, 0.15) is 5.75 Å². The average molecular weight is 417 g/mol. The first kappa shape index (κ1) is 17.3. The number of halogens is 1. The summed E-state index contributed by atoms with van der Waals surface area (Å²) in [7, 11) is 0. The molecule has 0 spiro atoms. The zero-order valence-electron chi connectivity index (χ0n) is 12.9. The quantitative estimate of drug-likeness (QED) is 0.464. The molecule has 1 aliphatic heterocycles. The number of nitrogens with zero attached hydrogens (tertiary/aromatic N) is 2. The van der Waals surface area contributed by atoms with E-state index in [2.05, 4.69) is 22.0 Å². The molecule has 122 valence electrons. The van der Waals surface area contributed by atoms with Crippen LogP contribution in [0.15, 0.2) is 29.3 Å². The van der Waals surface area contributed by atoms with Gasteiger partial charge in [0.05, 0.1) is 25.9 Å². The Bertz CT molecular complexity index is 518. The lowest BCUT2D eigenvalue weighted by Crippen LogP contribution is -2.45. The zero-order valence-corrected chi connectivity index (χ0v) is 15.2. The maximum absolute atomic E-state index is 6.10. The summed E-state index contributed by atoms with van der Waals surface area (Å²) < 4.78 is 10.9. The second-order valence-electron chi connectivity index (χ2n) is 5.50. The first-order chi connectivity index (χ1) is 10.3. The minimum Gasteiger partial charge on any atom is -0.494 e. The first-order valence-electron chi connectivity index (χ1n) is 7.66. The molecule has 0 radical (unpaired) electrons. The first-order valence-corrected chi connectivity index (χ1v) is 7.66. The lowest BCUT2D eigenvalue weighted by atomic mass is 10.1. The summed E-state index contributed by atoms with van der Waals surface area (Å²) in [6, 6.07) is 8.62. The van der Waals surface area contributed by atoms with E-state index in [4.69, 9.17) is 15.2 Å². The highest BCUT2D eigenvalue weighted by molar-refractivity contribution is 14.0. The third kappa shape index (κ3) is 4.25. The zero-order chi connectivity index (χ0) is 14.7. The molecule has 2 atom stereocenters. The van der Waals surface area contributed by atoms with Crippen molar-refractivity contribution in [3.8, 4) is 5.75 Å². The Balaban J connectivity index is 0.00000176. The van der Waals surface area contributed by atoms with Crippen molar-refractivity contribution in [1.82, 2.24) is 4.90 Å². The van der Waals surface area contributed by atoms with Gasteiger partial charge in [-0.05, 0) is 31.0 Å². The average Bonchev–Trinajstić information content (AvgIpc) is 3.28. The Morgan fingerprint density at radius 3 is 2.91 bits per heavy atom. The number of morpholine rings is 1. The summed E-state index contributed by atoms with van der Waals surface area (Å²) in [6.07, 6.45) is 1.07. The van der Waals surface area contributed by atoms with Gasteiger partial charge in [-0.15, -0.1) is 24.0 Å². The number of ether oxygens (including phenoxy) is 2. The molecule has 3 rings (SSSR count). The molecule has 22 heavy (non-hydrogen) atoms. The van der Waals surface area contributed by atoms with Gasteiger partial charge in [-0.3, -0.25) is 0 Å².